The Morgan fingerprint density at radius 2 is 1.79 bits per heavy atom. The second kappa shape index (κ2) is 8.82. The molecule has 0 radical (unpaired) electrons. The molecule has 0 atom stereocenters. The topological polar surface area (TPSA) is 64.1 Å². The lowest BCUT2D eigenvalue weighted by Gasteiger charge is -2.22. The first-order valence-corrected chi connectivity index (χ1v) is 9.84. The summed E-state index contributed by atoms with van der Waals surface area (Å²) in [4.78, 5) is 20.9. The number of hydrogen-bond acceptors (Lipinski definition) is 4. The van der Waals surface area contributed by atoms with Gasteiger partial charge in [-0.1, -0.05) is 25.3 Å². The van der Waals surface area contributed by atoms with E-state index in [1.165, 1.54) is 24.9 Å². The average molecular weight is 391 g/mol. The Bertz CT molecular complexity index is 985. The van der Waals surface area contributed by atoms with Gasteiger partial charge < -0.3 is 10.1 Å². The molecule has 1 aromatic heterocycles. The van der Waals surface area contributed by atoms with Crippen molar-refractivity contribution < 1.29 is 13.9 Å². The van der Waals surface area contributed by atoms with Crippen LogP contribution in [0.15, 0.2) is 60.9 Å². The molecule has 0 aliphatic heterocycles. The standard InChI is InChI=1S/C23H22FN3O2/c24-18-11-9-16(10-12-18)21-14-22(26-15-25-21)29-20-8-4-5-17(13-20)23(28)27-19-6-2-1-3-7-19/h4-5,8-15,19H,1-3,6-7H2,(H,27,28). The monoisotopic (exact) mass is 391 g/mol. The molecule has 29 heavy (non-hydrogen) atoms. The van der Waals surface area contributed by atoms with Gasteiger partial charge in [0, 0.05) is 23.2 Å². The zero-order valence-corrected chi connectivity index (χ0v) is 16.0. The summed E-state index contributed by atoms with van der Waals surface area (Å²) in [6.07, 6.45) is 7.04. The van der Waals surface area contributed by atoms with Crippen LogP contribution in [-0.4, -0.2) is 21.9 Å². The van der Waals surface area contributed by atoms with Crippen LogP contribution >= 0.6 is 0 Å². The molecule has 1 aliphatic carbocycles. The van der Waals surface area contributed by atoms with E-state index in [2.05, 4.69) is 15.3 Å². The molecule has 0 bridgehead atoms. The molecule has 0 unspecified atom stereocenters. The van der Waals surface area contributed by atoms with Gasteiger partial charge in [-0.05, 0) is 55.3 Å². The summed E-state index contributed by atoms with van der Waals surface area (Å²) in [7, 11) is 0. The normalized spacial score (nSPS) is 14.4. The first kappa shape index (κ1) is 19.1. The number of nitrogens with zero attached hydrogens (tertiary/aromatic N) is 2. The molecule has 1 amide bonds. The summed E-state index contributed by atoms with van der Waals surface area (Å²) in [6.45, 7) is 0. The van der Waals surface area contributed by atoms with Gasteiger partial charge in [-0.15, -0.1) is 0 Å². The molecular formula is C23H22FN3O2. The molecule has 2 aromatic carbocycles. The Morgan fingerprint density at radius 3 is 2.59 bits per heavy atom. The first-order valence-electron chi connectivity index (χ1n) is 9.84. The van der Waals surface area contributed by atoms with E-state index in [1.807, 2.05) is 0 Å². The molecule has 1 heterocycles. The number of benzene rings is 2. The SMILES string of the molecule is O=C(NC1CCCCC1)c1cccc(Oc2cc(-c3ccc(F)cc3)ncn2)c1. The van der Waals surface area contributed by atoms with E-state index < -0.39 is 0 Å². The van der Waals surface area contributed by atoms with Crippen LogP contribution in [0.2, 0.25) is 0 Å². The fourth-order valence-corrected chi connectivity index (χ4v) is 3.51. The molecule has 0 spiro atoms. The Kier molecular flexibility index (Phi) is 5.79. The van der Waals surface area contributed by atoms with Crippen LogP contribution in [0.4, 0.5) is 4.39 Å². The van der Waals surface area contributed by atoms with Crippen molar-refractivity contribution >= 4 is 5.91 Å². The van der Waals surface area contributed by atoms with Gasteiger partial charge in [0.1, 0.15) is 17.9 Å². The van der Waals surface area contributed by atoms with E-state index >= 15 is 0 Å². The van der Waals surface area contributed by atoms with Crippen LogP contribution in [0.25, 0.3) is 11.3 Å². The lowest BCUT2D eigenvalue weighted by Crippen LogP contribution is -2.36. The number of hydrogen-bond donors (Lipinski definition) is 1. The lowest BCUT2D eigenvalue weighted by atomic mass is 9.95. The largest absolute Gasteiger partial charge is 0.439 e. The highest BCUT2D eigenvalue weighted by atomic mass is 19.1. The van der Waals surface area contributed by atoms with Gasteiger partial charge in [-0.25, -0.2) is 14.4 Å². The number of rotatable bonds is 5. The van der Waals surface area contributed by atoms with Crippen molar-refractivity contribution in [2.75, 3.05) is 0 Å². The molecule has 4 rings (SSSR count). The summed E-state index contributed by atoms with van der Waals surface area (Å²) >= 11 is 0. The lowest BCUT2D eigenvalue weighted by molar-refractivity contribution is 0.0927. The van der Waals surface area contributed by atoms with Crippen LogP contribution in [-0.2, 0) is 0 Å². The number of aromatic nitrogens is 2. The van der Waals surface area contributed by atoms with Crippen molar-refractivity contribution in [3.8, 4) is 22.9 Å². The van der Waals surface area contributed by atoms with Gasteiger partial charge in [0.25, 0.3) is 5.91 Å². The number of carbonyl (C=O) groups is 1. The Morgan fingerprint density at radius 1 is 1.00 bits per heavy atom. The maximum atomic E-state index is 13.1. The maximum absolute atomic E-state index is 13.1. The molecule has 3 aromatic rings. The molecule has 6 heteroatoms. The van der Waals surface area contributed by atoms with Crippen LogP contribution < -0.4 is 10.1 Å². The quantitative estimate of drug-likeness (QED) is 0.654. The minimum atomic E-state index is -0.303. The average Bonchev–Trinajstić information content (AvgIpc) is 2.75. The number of amides is 1. The minimum absolute atomic E-state index is 0.0861. The van der Waals surface area contributed by atoms with Crippen LogP contribution in [0.1, 0.15) is 42.5 Å². The van der Waals surface area contributed by atoms with Crippen molar-refractivity contribution in [2.45, 2.75) is 38.1 Å². The Labute approximate surface area is 169 Å². The first-order chi connectivity index (χ1) is 14.2. The van der Waals surface area contributed by atoms with Crippen molar-refractivity contribution in [2.24, 2.45) is 0 Å². The molecule has 0 saturated heterocycles. The van der Waals surface area contributed by atoms with E-state index in [4.69, 9.17) is 4.74 Å². The fourth-order valence-electron chi connectivity index (χ4n) is 3.51. The van der Waals surface area contributed by atoms with E-state index in [1.54, 1.807) is 42.5 Å². The predicted molar refractivity (Wildman–Crippen MR) is 108 cm³/mol. The van der Waals surface area contributed by atoms with Crippen molar-refractivity contribution in [3.05, 3.63) is 72.3 Å². The van der Waals surface area contributed by atoms with E-state index in [-0.39, 0.29) is 17.8 Å². The highest BCUT2D eigenvalue weighted by molar-refractivity contribution is 5.94. The number of halogens is 1. The van der Waals surface area contributed by atoms with E-state index in [0.717, 1.165) is 31.2 Å². The molecule has 5 nitrogen and oxygen atoms in total. The van der Waals surface area contributed by atoms with Crippen molar-refractivity contribution in [3.63, 3.8) is 0 Å². The van der Waals surface area contributed by atoms with Crippen LogP contribution in [0.3, 0.4) is 0 Å². The van der Waals surface area contributed by atoms with E-state index in [9.17, 15) is 9.18 Å². The van der Waals surface area contributed by atoms with Gasteiger partial charge in [0.2, 0.25) is 5.88 Å². The zero-order chi connectivity index (χ0) is 20.1. The second-order valence-electron chi connectivity index (χ2n) is 7.19. The third-order valence-electron chi connectivity index (χ3n) is 5.04. The predicted octanol–water partition coefficient (Wildman–Crippen LogP) is 5.14. The molecule has 148 valence electrons. The third-order valence-corrected chi connectivity index (χ3v) is 5.04. The van der Waals surface area contributed by atoms with Crippen molar-refractivity contribution in [1.82, 2.24) is 15.3 Å². The number of ether oxygens (including phenoxy) is 1. The molecule has 1 saturated carbocycles. The summed E-state index contributed by atoms with van der Waals surface area (Å²) in [6, 6.07) is 15.0. The van der Waals surface area contributed by atoms with Gasteiger partial charge in [0.05, 0.1) is 5.69 Å². The smallest absolute Gasteiger partial charge is 0.251 e. The maximum Gasteiger partial charge on any atom is 0.251 e. The molecule has 1 fully saturated rings. The minimum Gasteiger partial charge on any atom is -0.439 e. The highest BCUT2D eigenvalue weighted by Gasteiger charge is 2.17. The summed E-state index contributed by atoms with van der Waals surface area (Å²) in [5.41, 5.74) is 1.95. The summed E-state index contributed by atoms with van der Waals surface area (Å²) in [5, 5.41) is 3.11. The third kappa shape index (κ3) is 4.96. The summed E-state index contributed by atoms with van der Waals surface area (Å²) in [5.74, 6) is 0.480. The summed E-state index contributed by atoms with van der Waals surface area (Å²) < 4.78 is 19.0. The number of nitrogens with one attached hydrogen (secondary N) is 1. The van der Waals surface area contributed by atoms with Gasteiger partial charge in [-0.2, -0.15) is 0 Å². The van der Waals surface area contributed by atoms with Crippen molar-refractivity contribution in [1.29, 1.82) is 0 Å². The fraction of sp³-hybridized carbons (Fsp3) is 0.261. The van der Waals surface area contributed by atoms with Gasteiger partial charge >= 0.3 is 0 Å². The van der Waals surface area contributed by atoms with Gasteiger partial charge in [-0.3, -0.25) is 4.79 Å². The second-order valence-corrected chi connectivity index (χ2v) is 7.19. The highest BCUT2D eigenvalue weighted by Crippen LogP contribution is 2.25. The van der Waals surface area contributed by atoms with Crippen LogP contribution in [0.5, 0.6) is 11.6 Å². The zero-order valence-electron chi connectivity index (χ0n) is 16.0. The van der Waals surface area contributed by atoms with E-state index in [0.29, 0.717) is 22.9 Å². The molecular weight excluding hydrogens is 369 g/mol. The Balaban J connectivity index is 1.47. The van der Waals surface area contributed by atoms with Crippen LogP contribution in [0, 0.1) is 5.82 Å². The van der Waals surface area contributed by atoms with Gasteiger partial charge in [0.15, 0.2) is 0 Å². The molecule has 1 N–H and O–H groups in total. The number of carbonyl (C=O) groups excluding carboxylic acids is 1. The molecule has 1 aliphatic rings. The Hall–Kier alpha value is -3.28.